The van der Waals surface area contributed by atoms with E-state index in [0.29, 0.717) is 34.0 Å². The molecule has 2 unspecified atom stereocenters. The van der Waals surface area contributed by atoms with Crippen LogP contribution in [0.4, 0.5) is 0 Å². The van der Waals surface area contributed by atoms with Crippen LogP contribution < -0.4 is 35.4 Å². The Kier molecular flexibility index (Phi) is 9.95. The van der Waals surface area contributed by atoms with Gasteiger partial charge in [0.1, 0.15) is 0 Å². The van der Waals surface area contributed by atoms with E-state index in [9.17, 15) is 9.90 Å². The number of cyclic esters (lactones) is 1. The molecule has 0 aromatic heterocycles. The van der Waals surface area contributed by atoms with Crippen molar-refractivity contribution in [2.24, 2.45) is 0 Å². The van der Waals surface area contributed by atoms with Gasteiger partial charge in [0.15, 0.2) is 0 Å². The molecule has 31 heavy (non-hydrogen) atoms. The Labute approximate surface area is 195 Å². The number of aliphatic hydroxyl groups excluding tert-OH is 1. The first-order valence-corrected chi connectivity index (χ1v) is 13.9. The number of ether oxygens (including phenoxy) is 4. The third kappa shape index (κ3) is 7.37. The third-order valence-corrected chi connectivity index (χ3v) is 7.96. The number of halogens is 1. The topological polar surface area (TPSA) is 80.7 Å². The molecule has 1 N–H and O–H groups in total. The van der Waals surface area contributed by atoms with Crippen molar-refractivity contribution in [3.8, 4) is 17.2 Å². The third-order valence-electron chi connectivity index (χ3n) is 5.57. The first-order valence-electron chi connectivity index (χ1n) is 10.8. The van der Waals surface area contributed by atoms with E-state index < -0.39 is 5.97 Å². The summed E-state index contributed by atoms with van der Waals surface area (Å²) in [6.07, 6.45) is 2.43. The summed E-state index contributed by atoms with van der Waals surface area (Å²) in [7, 11) is 3.08. The van der Waals surface area contributed by atoms with Gasteiger partial charge in [0.25, 0.3) is 0 Å². The molecule has 2 heterocycles. The molecule has 1 saturated heterocycles. The molecular formula is C22H34IN2O6-. The van der Waals surface area contributed by atoms with Gasteiger partial charge < -0.3 is 0 Å². The van der Waals surface area contributed by atoms with Gasteiger partial charge in [-0.15, -0.1) is 0 Å². The number of carbonyl (C=O) groups excluding carboxylic acids is 1. The molecule has 8 nitrogen and oxygen atoms in total. The Balaban J connectivity index is 1.73. The summed E-state index contributed by atoms with van der Waals surface area (Å²) in [6, 6.07) is 3.28. The van der Waals surface area contributed by atoms with Gasteiger partial charge in [0.05, 0.1) is 0 Å². The van der Waals surface area contributed by atoms with Crippen molar-refractivity contribution in [2.45, 2.75) is 25.4 Å². The van der Waals surface area contributed by atoms with Gasteiger partial charge in [-0.05, 0) is 0 Å². The van der Waals surface area contributed by atoms with Crippen molar-refractivity contribution in [1.29, 1.82) is 0 Å². The second-order valence-corrected chi connectivity index (χ2v) is 10.4. The molecule has 0 amide bonds. The standard InChI is InChI=1S/C22H34IN2O6/c1-28-19-13-17-14-20(21(19)29-2)31-16-23-15-18(26)5-9-25-7-3-6-24(10-11-25)8-4-12-30-22(17)27/h13-14,18,26H,3-12,15-16H2,1-2H3/q-1/t18-/m0/s1. The molecule has 2 aliphatic heterocycles. The fraction of sp³-hybridized carbons (Fsp3) is 0.682. The molecule has 0 radical (unpaired) electrons. The number of hydrogen-bond donors (Lipinski definition) is 1. The summed E-state index contributed by atoms with van der Waals surface area (Å²) in [5, 5.41) is 10.4. The molecular weight excluding hydrogens is 515 g/mol. The number of nitrogens with zero attached hydrogens (tertiary/aromatic N) is 2. The second-order valence-electron chi connectivity index (χ2n) is 7.78. The van der Waals surface area contributed by atoms with Crippen LogP contribution in [-0.2, 0) is 4.74 Å². The molecule has 0 spiro atoms. The Morgan fingerprint density at radius 1 is 1.00 bits per heavy atom. The number of carbonyl (C=O) groups is 1. The second kappa shape index (κ2) is 12.7. The van der Waals surface area contributed by atoms with Crippen molar-refractivity contribution in [1.82, 2.24) is 9.80 Å². The van der Waals surface area contributed by atoms with E-state index in [-0.39, 0.29) is 27.3 Å². The van der Waals surface area contributed by atoms with Crippen molar-refractivity contribution in [2.75, 3.05) is 69.1 Å². The summed E-state index contributed by atoms with van der Waals surface area (Å²) in [5.41, 5.74) is 0.384. The van der Waals surface area contributed by atoms with Gasteiger partial charge in [0, 0.05) is 0 Å². The quantitative estimate of drug-likeness (QED) is 0.270. The number of benzene rings is 1. The minimum absolute atomic E-state index is 0.296. The predicted molar refractivity (Wildman–Crippen MR) is 113 cm³/mol. The molecule has 0 aliphatic carbocycles. The minimum atomic E-state index is -0.393. The number of esters is 1. The van der Waals surface area contributed by atoms with Crippen LogP contribution in [0.5, 0.6) is 17.2 Å². The van der Waals surface area contributed by atoms with E-state index in [1.54, 1.807) is 19.2 Å². The average Bonchev–Trinajstić information content (AvgIpc) is 3.02. The summed E-state index contributed by atoms with van der Waals surface area (Å²) in [6.45, 7) is 6.40. The van der Waals surface area contributed by atoms with Gasteiger partial charge in [-0.1, -0.05) is 0 Å². The van der Waals surface area contributed by atoms with Crippen LogP contribution in [0.3, 0.4) is 0 Å². The summed E-state index contributed by atoms with van der Waals surface area (Å²) in [5.74, 6) is 0.968. The zero-order chi connectivity index (χ0) is 22.1. The van der Waals surface area contributed by atoms with Crippen LogP contribution in [0.2, 0.25) is 0 Å². The maximum absolute atomic E-state index is 12.6. The van der Waals surface area contributed by atoms with E-state index in [1.165, 1.54) is 7.11 Å². The van der Waals surface area contributed by atoms with Gasteiger partial charge in [-0.3, -0.25) is 0 Å². The summed E-state index contributed by atoms with van der Waals surface area (Å²) >= 11 is -0.352. The molecule has 2 aliphatic rings. The number of fused-ring (bicyclic) bond motifs is 5. The summed E-state index contributed by atoms with van der Waals surface area (Å²) in [4.78, 5) is 17.5. The van der Waals surface area contributed by atoms with Gasteiger partial charge in [0.2, 0.25) is 0 Å². The molecule has 1 aromatic rings. The van der Waals surface area contributed by atoms with E-state index in [1.807, 2.05) is 0 Å². The van der Waals surface area contributed by atoms with Crippen molar-refractivity contribution in [3.63, 3.8) is 0 Å². The first kappa shape index (κ1) is 24.3. The van der Waals surface area contributed by atoms with Crippen LogP contribution >= 0.6 is 0 Å². The molecule has 0 saturated carbocycles. The van der Waals surface area contributed by atoms with Crippen molar-refractivity contribution >= 4 is 5.97 Å². The number of hydrogen-bond acceptors (Lipinski definition) is 8. The van der Waals surface area contributed by atoms with Crippen LogP contribution in [0.15, 0.2) is 12.1 Å². The van der Waals surface area contributed by atoms with E-state index >= 15 is 0 Å². The number of rotatable bonds is 2. The van der Waals surface area contributed by atoms with Gasteiger partial charge in [-0.25, -0.2) is 0 Å². The molecule has 176 valence electrons. The number of methoxy groups -OCH3 is 2. The van der Waals surface area contributed by atoms with E-state index in [2.05, 4.69) is 9.80 Å². The predicted octanol–water partition coefficient (Wildman–Crippen LogP) is -1.55. The molecule has 3 rings (SSSR count). The van der Waals surface area contributed by atoms with E-state index in [4.69, 9.17) is 18.9 Å². The zero-order valence-corrected chi connectivity index (χ0v) is 20.6. The maximum atomic E-state index is 12.6. The Hall–Kier alpha value is -1.30. The normalized spacial score (nSPS) is 26.7. The fourth-order valence-electron chi connectivity index (χ4n) is 3.84. The van der Waals surface area contributed by atoms with Gasteiger partial charge >= 0.3 is 195 Å². The zero-order valence-electron chi connectivity index (χ0n) is 18.5. The van der Waals surface area contributed by atoms with Crippen LogP contribution in [-0.4, -0.2) is 96.1 Å². The molecule has 9 heteroatoms. The van der Waals surface area contributed by atoms with Crippen molar-refractivity contribution < 1.29 is 50.1 Å². The molecule has 1 aromatic carbocycles. The van der Waals surface area contributed by atoms with E-state index in [0.717, 1.165) is 63.0 Å². The number of aliphatic hydroxyl groups is 1. The van der Waals surface area contributed by atoms with Crippen LogP contribution in [0.1, 0.15) is 29.6 Å². The van der Waals surface area contributed by atoms with Crippen LogP contribution in [0.25, 0.3) is 0 Å². The average molecular weight is 549 g/mol. The Morgan fingerprint density at radius 2 is 1.74 bits per heavy atom. The Bertz CT molecular complexity index is 719. The first-order chi connectivity index (χ1) is 15.1. The monoisotopic (exact) mass is 549 g/mol. The molecule has 3 atom stereocenters. The number of alkyl halides is 2. The van der Waals surface area contributed by atoms with Crippen LogP contribution in [0, 0.1) is 0 Å². The molecule has 4 bridgehead atoms. The van der Waals surface area contributed by atoms with Gasteiger partial charge in [-0.2, -0.15) is 0 Å². The van der Waals surface area contributed by atoms with Crippen molar-refractivity contribution in [3.05, 3.63) is 17.7 Å². The fourth-order valence-corrected chi connectivity index (χ4v) is 5.81. The summed E-state index contributed by atoms with van der Waals surface area (Å²) < 4.78 is 23.6. The SMILES string of the molecule is COc1cc2cc(c1OC)OC[I-]C[C@@H](O)CCN1CCCN(CCCOC2=O)CC1. The Morgan fingerprint density at radius 3 is 2.48 bits per heavy atom. The molecule has 1 fully saturated rings.